The summed E-state index contributed by atoms with van der Waals surface area (Å²) in [5.74, 6) is -0.691. The number of non-ortho nitro benzene ring substituents is 1. The van der Waals surface area contributed by atoms with E-state index in [9.17, 15) is 14.9 Å². The molecule has 3 aromatic carbocycles. The van der Waals surface area contributed by atoms with Crippen molar-refractivity contribution >= 4 is 46.0 Å². The minimum absolute atomic E-state index is 0.0543. The van der Waals surface area contributed by atoms with E-state index < -0.39 is 10.9 Å². The van der Waals surface area contributed by atoms with E-state index in [0.717, 1.165) is 21.9 Å². The zero-order valence-electron chi connectivity index (χ0n) is 14.7. The molecule has 0 radical (unpaired) electrons. The molecule has 1 aliphatic heterocycles. The van der Waals surface area contributed by atoms with Crippen molar-refractivity contribution < 1.29 is 14.5 Å². The number of aryl methyl sites for hydroxylation is 1. The first-order valence-corrected chi connectivity index (χ1v) is 8.77. The van der Waals surface area contributed by atoms with Crippen LogP contribution in [0.25, 0.3) is 16.8 Å². The number of nitro groups is 1. The van der Waals surface area contributed by atoms with Crippen LogP contribution >= 0.6 is 11.6 Å². The fourth-order valence-electron chi connectivity index (χ4n) is 3.06. The number of fused-ring (bicyclic) bond motifs is 1. The predicted octanol–water partition coefficient (Wildman–Crippen LogP) is 5.05. The van der Waals surface area contributed by atoms with Crippen molar-refractivity contribution in [2.45, 2.75) is 6.92 Å². The molecule has 3 aromatic rings. The summed E-state index contributed by atoms with van der Waals surface area (Å²) in [6.07, 6.45) is 1.64. The van der Waals surface area contributed by atoms with Gasteiger partial charge in [-0.2, -0.15) is 0 Å². The Morgan fingerprint density at radius 3 is 2.61 bits per heavy atom. The van der Waals surface area contributed by atoms with E-state index >= 15 is 0 Å². The third-order valence-corrected chi connectivity index (χ3v) is 4.81. The molecule has 0 aliphatic carbocycles. The Labute approximate surface area is 164 Å². The molecule has 4 rings (SSSR count). The zero-order chi connectivity index (χ0) is 19.8. The van der Waals surface area contributed by atoms with Gasteiger partial charge in [-0.1, -0.05) is 48.0 Å². The quantitative estimate of drug-likeness (QED) is 0.270. The second-order valence-electron chi connectivity index (χ2n) is 6.27. The highest BCUT2D eigenvalue weighted by Gasteiger charge is 2.27. The van der Waals surface area contributed by atoms with Crippen LogP contribution in [0.3, 0.4) is 0 Å². The van der Waals surface area contributed by atoms with Gasteiger partial charge in [-0.3, -0.25) is 10.1 Å². The van der Waals surface area contributed by atoms with Crippen molar-refractivity contribution in [1.82, 2.24) is 0 Å². The Morgan fingerprint density at radius 1 is 1.11 bits per heavy atom. The predicted molar refractivity (Wildman–Crippen MR) is 107 cm³/mol. The smallest absolute Gasteiger partial charge is 0.363 e. The maximum absolute atomic E-state index is 12.3. The summed E-state index contributed by atoms with van der Waals surface area (Å²) in [6.45, 7) is 2.02. The standard InChI is InChI=1S/C21H13ClN2O4/c1-12-6-7-13(16-5-3-2-4-15(12)16)10-19-21(25)28-20(23-19)17-11-14(24(26)27)8-9-18(17)22/h2-11H,1H3/b19-10-. The van der Waals surface area contributed by atoms with Gasteiger partial charge in [-0.05, 0) is 41.0 Å². The molecular weight excluding hydrogens is 380 g/mol. The lowest BCUT2D eigenvalue weighted by Crippen LogP contribution is -2.06. The summed E-state index contributed by atoms with van der Waals surface area (Å²) in [6, 6.07) is 15.6. The van der Waals surface area contributed by atoms with Crippen LogP contribution in [0.2, 0.25) is 5.02 Å². The number of hydrogen-bond donors (Lipinski definition) is 0. The molecule has 1 aliphatic rings. The molecule has 6 nitrogen and oxygen atoms in total. The van der Waals surface area contributed by atoms with Gasteiger partial charge in [-0.25, -0.2) is 9.79 Å². The largest absolute Gasteiger partial charge is 0.402 e. The summed E-state index contributed by atoms with van der Waals surface area (Å²) in [5, 5.41) is 13.3. The molecule has 1 heterocycles. The Balaban J connectivity index is 1.80. The van der Waals surface area contributed by atoms with Gasteiger partial charge in [0.2, 0.25) is 5.90 Å². The Bertz CT molecular complexity index is 1210. The molecule has 0 unspecified atom stereocenters. The SMILES string of the molecule is Cc1ccc(/C=C2\N=C(c3cc([N+](=O)[O-])ccc3Cl)OC2=O)c2ccccc12. The van der Waals surface area contributed by atoms with Crippen molar-refractivity contribution in [2.24, 2.45) is 4.99 Å². The lowest BCUT2D eigenvalue weighted by molar-refractivity contribution is -0.384. The van der Waals surface area contributed by atoms with Crippen LogP contribution in [0.1, 0.15) is 16.7 Å². The number of nitro benzene ring substituents is 1. The van der Waals surface area contributed by atoms with Crippen molar-refractivity contribution in [3.8, 4) is 0 Å². The van der Waals surface area contributed by atoms with E-state index in [1.165, 1.54) is 18.2 Å². The number of ether oxygens (including phenoxy) is 1. The first-order chi connectivity index (χ1) is 13.4. The molecule has 0 amide bonds. The van der Waals surface area contributed by atoms with Crippen LogP contribution in [0.5, 0.6) is 0 Å². The molecule has 0 spiro atoms. The van der Waals surface area contributed by atoms with E-state index in [1.54, 1.807) is 6.08 Å². The van der Waals surface area contributed by atoms with Crippen molar-refractivity contribution in [3.05, 3.63) is 92.1 Å². The Morgan fingerprint density at radius 2 is 1.86 bits per heavy atom. The number of carbonyl (C=O) groups excluding carboxylic acids is 1. The highest BCUT2D eigenvalue weighted by molar-refractivity contribution is 6.34. The number of benzene rings is 3. The molecule has 0 saturated heterocycles. The van der Waals surface area contributed by atoms with Crippen LogP contribution in [0, 0.1) is 17.0 Å². The minimum Gasteiger partial charge on any atom is -0.402 e. The van der Waals surface area contributed by atoms with E-state index in [0.29, 0.717) is 0 Å². The number of carbonyl (C=O) groups is 1. The van der Waals surface area contributed by atoms with Gasteiger partial charge in [0.25, 0.3) is 5.69 Å². The lowest BCUT2D eigenvalue weighted by atomic mass is 10.00. The van der Waals surface area contributed by atoms with Crippen LogP contribution in [-0.2, 0) is 9.53 Å². The van der Waals surface area contributed by atoms with Gasteiger partial charge in [0, 0.05) is 12.1 Å². The number of halogens is 1. The monoisotopic (exact) mass is 392 g/mol. The fraction of sp³-hybridized carbons (Fsp3) is 0.0476. The molecular formula is C21H13ClN2O4. The molecule has 0 N–H and O–H groups in total. The number of aliphatic imine (C=N–C) groups is 1. The summed E-state index contributed by atoms with van der Waals surface area (Å²) < 4.78 is 5.22. The fourth-order valence-corrected chi connectivity index (χ4v) is 3.26. The number of hydrogen-bond acceptors (Lipinski definition) is 5. The van der Waals surface area contributed by atoms with Gasteiger partial charge in [0.05, 0.1) is 15.5 Å². The van der Waals surface area contributed by atoms with Gasteiger partial charge in [0.15, 0.2) is 5.70 Å². The number of cyclic esters (lactones) is 1. The highest BCUT2D eigenvalue weighted by atomic mass is 35.5. The zero-order valence-corrected chi connectivity index (χ0v) is 15.4. The lowest BCUT2D eigenvalue weighted by Gasteiger charge is -2.05. The highest BCUT2D eigenvalue weighted by Crippen LogP contribution is 2.29. The van der Waals surface area contributed by atoms with Crippen LogP contribution < -0.4 is 0 Å². The second-order valence-corrected chi connectivity index (χ2v) is 6.68. The van der Waals surface area contributed by atoms with E-state index in [-0.39, 0.29) is 27.9 Å². The van der Waals surface area contributed by atoms with Crippen molar-refractivity contribution in [2.75, 3.05) is 0 Å². The van der Waals surface area contributed by atoms with Crippen LogP contribution in [-0.4, -0.2) is 16.8 Å². The maximum atomic E-state index is 12.3. The summed E-state index contributed by atoms with van der Waals surface area (Å²) in [7, 11) is 0. The summed E-state index contributed by atoms with van der Waals surface area (Å²) in [5.41, 5.74) is 2.08. The van der Waals surface area contributed by atoms with Gasteiger partial charge < -0.3 is 4.74 Å². The number of rotatable bonds is 3. The molecule has 138 valence electrons. The Kier molecular flexibility index (Phi) is 4.41. The first kappa shape index (κ1) is 17.9. The molecule has 0 atom stereocenters. The van der Waals surface area contributed by atoms with E-state index in [1.807, 2.05) is 43.3 Å². The van der Waals surface area contributed by atoms with E-state index in [2.05, 4.69) is 4.99 Å². The maximum Gasteiger partial charge on any atom is 0.363 e. The number of esters is 1. The first-order valence-electron chi connectivity index (χ1n) is 8.39. The average molecular weight is 393 g/mol. The molecule has 7 heteroatoms. The normalized spacial score (nSPS) is 15.0. The van der Waals surface area contributed by atoms with Crippen molar-refractivity contribution in [3.63, 3.8) is 0 Å². The second kappa shape index (κ2) is 6.90. The van der Waals surface area contributed by atoms with Crippen LogP contribution in [0.4, 0.5) is 5.69 Å². The molecule has 0 aromatic heterocycles. The Hall–Kier alpha value is -3.51. The number of nitrogens with zero attached hydrogens (tertiary/aromatic N) is 2. The molecule has 0 bridgehead atoms. The van der Waals surface area contributed by atoms with Gasteiger partial charge in [-0.15, -0.1) is 0 Å². The van der Waals surface area contributed by atoms with E-state index in [4.69, 9.17) is 16.3 Å². The molecule has 0 fully saturated rings. The minimum atomic E-state index is -0.637. The molecule has 0 saturated carbocycles. The molecule has 28 heavy (non-hydrogen) atoms. The third kappa shape index (κ3) is 3.14. The third-order valence-electron chi connectivity index (χ3n) is 4.48. The summed E-state index contributed by atoms with van der Waals surface area (Å²) in [4.78, 5) is 27.0. The topological polar surface area (TPSA) is 81.8 Å². The summed E-state index contributed by atoms with van der Waals surface area (Å²) >= 11 is 6.12. The average Bonchev–Trinajstić information content (AvgIpc) is 3.04. The van der Waals surface area contributed by atoms with Crippen molar-refractivity contribution in [1.29, 1.82) is 0 Å². The van der Waals surface area contributed by atoms with Crippen LogP contribution in [0.15, 0.2) is 65.3 Å². The van der Waals surface area contributed by atoms with Gasteiger partial charge >= 0.3 is 5.97 Å². The van der Waals surface area contributed by atoms with Gasteiger partial charge in [0.1, 0.15) is 0 Å².